The molecular formula is C15H22ClN3. The van der Waals surface area contributed by atoms with Crippen LogP contribution in [0.25, 0.3) is 0 Å². The number of para-hydroxylation sites is 1. The number of nitrogens with zero attached hydrogens (tertiary/aromatic N) is 2. The lowest BCUT2D eigenvalue weighted by atomic mass is 10.2. The van der Waals surface area contributed by atoms with Crippen molar-refractivity contribution in [2.24, 2.45) is 0 Å². The Hall–Kier alpha value is -0.770. The van der Waals surface area contributed by atoms with Gasteiger partial charge in [0.2, 0.25) is 0 Å². The summed E-state index contributed by atoms with van der Waals surface area (Å²) in [5.74, 6) is 0. The van der Waals surface area contributed by atoms with Crippen LogP contribution in [0.2, 0.25) is 5.02 Å². The highest BCUT2D eigenvalue weighted by Crippen LogP contribution is 2.26. The number of piperazine rings is 1. The van der Waals surface area contributed by atoms with Crippen LogP contribution in [-0.2, 0) is 0 Å². The lowest BCUT2D eigenvalue weighted by Crippen LogP contribution is -2.49. The molecule has 1 aromatic rings. The molecular weight excluding hydrogens is 258 g/mol. The summed E-state index contributed by atoms with van der Waals surface area (Å²) >= 11 is 6.27. The topological polar surface area (TPSA) is 18.5 Å². The number of anilines is 1. The SMILES string of the molecule is Clc1ccccc1N1CCN(C[C@H]2CCCN2)CC1. The highest BCUT2D eigenvalue weighted by atomic mass is 35.5. The average molecular weight is 280 g/mol. The molecule has 0 bridgehead atoms. The second-order valence-electron chi connectivity index (χ2n) is 5.53. The molecule has 4 heteroatoms. The summed E-state index contributed by atoms with van der Waals surface area (Å²) in [6, 6.07) is 8.87. The number of hydrogen-bond donors (Lipinski definition) is 1. The number of halogens is 1. The third-order valence-corrected chi connectivity index (χ3v) is 4.53. The molecule has 2 aliphatic rings. The molecule has 3 nitrogen and oxygen atoms in total. The fourth-order valence-corrected chi connectivity index (χ4v) is 3.36. The summed E-state index contributed by atoms with van der Waals surface area (Å²) in [4.78, 5) is 4.98. The lowest BCUT2D eigenvalue weighted by Gasteiger charge is -2.37. The van der Waals surface area contributed by atoms with Crippen molar-refractivity contribution in [2.75, 3.05) is 44.2 Å². The van der Waals surface area contributed by atoms with E-state index in [4.69, 9.17) is 11.6 Å². The van der Waals surface area contributed by atoms with Gasteiger partial charge < -0.3 is 10.2 Å². The molecule has 0 saturated carbocycles. The minimum Gasteiger partial charge on any atom is -0.368 e. The molecule has 2 heterocycles. The first-order chi connectivity index (χ1) is 9.33. The summed E-state index contributed by atoms with van der Waals surface area (Å²) in [6.45, 7) is 6.85. The molecule has 2 fully saturated rings. The van der Waals surface area contributed by atoms with Gasteiger partial charge in [0.25, 0.3) is 0 Å². The Labute approximate surface area is 120 Å². The Kier molecular flexibility index (Phi) is 4.26. The first kappa shape index (κ1) is 13.2. The monoisotopic (exact) mass is 279 g/mol. The smallest absolute Gasteiger partial charge is 0.0639 e. The number of benzene rings is 1. The number of hydrogen-bond acceptors (Lipinski definition) is 3. The van der Waals surface area contributed by atoms with Gasteiger partial charge in [-0.2, -0.15) is 0 Å². The molecule has 104 valence electrons. The van der Waals surface area contributed by atoms with Gasteiger partial charge in [-0.15, -0.1) is 0 Å². The predicted molar refractivity (Wildman–Crippen MR) is 81.1 cm³/mol. The predicted octanol–water partition coefficient (Wildman–Crippen LogP) is 2.21. The van der Waals surface area contributed by atoms with E-state index in [0.29, 0.717) is 6.04 Å². The van der Waals surface area contributed by atoms with Crippen molar-refractivity contribution >= 4 is 17.3 Å². The third-order valence-electron chi connectivity index (χ3n) is 4.21. The molecule has 0 aromatic heterocycles. The van der Waals surface area contributed by atoms with E-state index in [1.54, 1.807) is 0 Å². The summed E-state index contributed by atoms with van der Waals surface area (Å²) in [7, 11) is 0. The summed E-state index contributed by atoms with van der Waals surface area (Å²) < 4.78 is 0. The molecule has 1 N–H and O–H groups in total. The Balaban J connectivity index is 1.53. The zero-order valence-electron chi connectivity index (χ0n) is 11.3. The van der Waals surface area contributed by atoms with Crippen molar-refractivity contribution in [3.05, 3.63) is 29.3 Å². The van der Waals surface area contributed by atoms with E-state index in [9.17, 15) is 0 Å². The van der Waals surface area contributed by atoms with E-state index in [2.05, 4.69) is 27.2 Å². The minimum absolute atomic E-state index is 0.715. The molecule has 1 atom stereocenters. The van der Waals surface area contributed by atoms with Gasteiger partial charge in [0.1, 0.15) is 0 Å². The van der Waals surface area contributed by atoms with Crippen molar-refractivity contribution in [3.63, 3.8) is 0 Å². The average Bonchev–Trinajstić information content (AvgIpc) is 2.93. The van der Waals surface area contributed by atoms with E-state index in [1.807, 2.05) is 12.1 Å². The van der Waals surface area contributed by atoms with Gasteiger partial charge >= 0.3 is 0 Å². The van der Waals surface area contributed by atoms with E-state index in [0.717, 1.165) is 31.2 Å². The third kappa shape index (κ3) is 3.22. The van der Waals surface area contributed by atoms with E-state index < -0.39 is 0 Å². The fraction of sp³-hybridized carbons (Fsp3) is 0.600. The van der Waals surface area contributed by atoms with Gasteiger partial charge in [0, 0.05) is 38.8 Å². The van der Waals surface area contributed by atoms with Crippen molar-refractivity contribution in [1.29, 1.82) is 0 Å². The van der Waals surface area contributed by atoms with Crippen LogP contribution >= 0.6 is 11.6 Å². The maximum absolute atomic E-state index is 6.27. The zero-order valence-corrected chi connectivity index (χ0v) is 12.1. The van der Waals surface area contributed by atoms with E-state index in [1.165, 1.54) is 31.6 Å². The normalized spacial score (nSPS) is 24.9. The molecule has 1 aromatic carbocycles. The highest BCUT2D eigenvalue weighted by Gasteiger charge is 2.22. The molecule has 0 spiro atoms. The van der Waals surface area contributed by atoms with Gasteiger partial charge in [0.05, 0.1) is 10.7 Å². The standard InChI is InChI=1S/C15H22ClN3/c16-14-5-1-2-6-15(14)19-10-8-18(9-11-19)12-13-4-3-7-17-13/h1-2,5-6,13,17H,3-4,7-12H2/t13-/m1/s1. The first-order valence-corrected chi connectivity index (χ1v) is 7.66. The molecule has 0 aliphatic carbocycles. The molecule has 0 radical (unpaired) electrons. The number of nitrogens with one attached hydrogen (secondary N) is 1. The van der Waals surface area contributed by atoms with Crippen LogP contribution < -0.4 is 10.2 Å². The van der Waals surface area contributed by atoms with Gasteiger partial charge in [-0.25, -0.2) is 0 Å². The van der Waals surface area contributed by atoms with Crippen LogP contribution in [0.1, 0.15) is 12.8 Å². The molecule has 3 rings (SSSR count). The van der Waals surface area contributed by atoms with Gasteiger partial charge in [0.15, 0.2) is 0 Å². The zero-order chi connectivity index (χ0) is 13.1. The Bertz CT molecular complexity index is 410. The van der Waals surface area contributed by atoms with Gasteiger partial charge in [-0.1, -0.05) is 23.7 Å². The second kappa shape index (κ2) is 6.12. The van der Waals surface area contributed by atoms with Crippen molar-refractivity contribution in [2.45, 2.75) is 18.9 Å². The number of rotatable bonds is 3. The molecule has 0 unspecified atom stereocenters. The second-order valence-corrected chi connectivity index (χ2v) is 5.94. The van der Waals surface area contributed by atoms with Crippen LogP contribution in [0.4, 0.5) is 5.69 Å². The van der Waals surface area contributed by atoms with Crippen LogP contribution in [0.5, 0.6) is 0 Å². The van der Waals surface area contributed by atoms with Gasteiger partial charge in [-0.3, -0.25) is 4.90 Å². The van der Waals surface area contributed by atoms with E-state index >= 15 is 0 Å². The largest absolute Gasteiger partial charge is 0.368 e. The summed E-state index contributed by atoms with van der Waals surface area (Å²) in [6.07, 6.45) is 2.68. The van der Waals surface area contributed by atoms with E-state index in [-0.39, 0.29) is 0 Å². The molecule has 0 amide bonds. The maximum atomic E-state index is 6.27. The molecule has 2 saturated heterocycles. The highest BCUT2D eigenvalue weighted by molar-refractivity contribution is 6.33. The molecule has 19 heavy (non-hydrogen) atoms. The van der Waals surface area contributed by atoms with Crippen LogP contribution in [0.3, 0.4) is 0 Å². The van der Waals surface area contributed by atoms with Crippen LogP contribution in [0.15, 0.2) is 24.3 Å². The Morgan fingerprint density at radius 2 is 1.95 bits per heavy atom. The Morgan fingerprint density at radius 3 is 2.63 bits per heavy atom. The summed E-state index contributed by atoms with van der Waals surface area (Å²) in [5, 5.41) is 4.45. The Morgan fingerprint density at radius 1 is 1.16 bits per heavy atom. The maximum Gasteiger partial charge on any atom is 0.0639 e. The first-order valence-electron chi connectivity index (χ1n) is 7.28. The quantitative estimate of drug-likeness (QED) is 0.915. The van der Waals surface area contributed by atoms with Crippen molar-refractivity contribution in [1.82, 2.24) is 10.2 Å². The minimum atomic E-state index is 0.715. The van der Waals surface area contributed by atoms with Crippen LogP contribution in [0, 0.1) is 0 Å². The van der Waals surface area contributed by atoms with Crippen molar-refractivity contribution in [3.8, 4) is 0 Å². The van der Waals surface area contributed by atoms with Crippen LogP contribution in [-0.4, -0.2) is 50.2 Å². The van der Waals surface area contributed by atoms with Crippen molar-refractivity contribution < 1.29 is 0 Å². The summed E-state index contributed by atoms with van der Waals surface area (Å²) in [5.41, 5.74) is 1.18. The van der Waals surface area contributed by atoms with Gasteiger partial charge in [-0.05, 0) is 31.5 Å². The fourth-order valence-electron chi connectivity index (χ4n) is 3.10. The molecule has 2 aliphatic heterocycles. The lowest BCUT2D eigenvalue weighted by molar-refractivity contribution is 0.236.